The summed E-state index contributed by atoms with van der Waals surface area (Å²) in [7, 11) is 0. The van der Waals surface area contributed by atoms with Crippen molar-refractivity contribution in [1.29, 1.82) is 0 Å². The predicted molar refractivity (Wildman–Crippen MR) is 97.2 cm³/mol. The fourth-order valence-corrected chi connectivity index (χ4v) is 3.17. The molecule has 0 bridgehead atoms. The SMILES string of the molecule is O=C(Nc1cc(-c2ccco2)nn1-c1cc(C(F)(F)F)cc(C(F)(F)F)c1)C1CCC1. The first-order valence-corrected chi connectivity index (χ1v) is 9.27. The van der Waals surface area contributed by atoms with Crippen LogP contribution in [-0.2, 0) is 17.1 Å². The number of nitrogens with one attached hydrogen (secondary N) is 1. The maximum absolute atomic E-state index is 13.3. The van der Waals surface area contributed by atoms with Gasteiger partial charge < -0.3 is 9.73 Å². The van der Waals surface area contributed by atoms with Crippen LogP contribution in [0, 0.1) is 5.92 Å². The lowest BCUT2D eigenvalue weighted by atomic mass is 9.85. The molecule has 1 aliphatic carbocycles. The van der Waals surface area contributed by atoms with Gasteiger partial charge in [0.15, 0.2) is 5.76 Å². The number of hydrogen-bond donors (Lipinski definition) is 1. The molecule has 1 aliphatic rings. The number of amides is 1. The number of benzene rings is 1. The molecule has 5 nitrogen and oxygen atoms in total. The first kappa shape index (κ1) is 21.0. The molecule has 0 radical (unpaired) electrons. The highest BCUT2D eigenvalue weighted by Crippen LogP contribution is 2.38. The molecule has 2 heterocycles. The smallest absolute Gasteiger partial charge is 0.416 e. The summed E-state index contributed by atoms with van der Waals surface area (Å²) in [5.41, 5.74) is -3.32. The molecule has 1 N–H and O–H groups in total. The number of nitrogens with zero attached hydrogens (tertiary/aromatic N) is 2. The van der Waals surface area contributed by atoms with Crippen molar-refractivity contribution in [3.05, 3.63) is 53.8 Å². The number of rotatable bonds is 4. The van der Waals surface area contributed by atoms with E-state index in [0.29, 0.717) is 25.0 Å². The molecule has 1 fully saturated rings. The Balaban J connectivity index is 1.84. The van der Waals surface area contributed by atoms with E-state index in [0.717, 1.165) is 11.1 Å². The van der Waals surface area contributed by atoms with E-state index in [1.165, 1.54) is 18.4 Å². The third-order valence-electron chi connectivity index (χ3n) is 5.03. The Bertz CT molecular complexity index is 1060. The summed E-state index contributed by atoms with van der Waals surface area (Å²) < 4.78 is 85.7. The summed E-state index contributed by atoms with van der Waals surface area (Å²) >= 11 is 0. The van der Waals surface area contributed by atoms with Gasteiger partial charge in [-0.15, -0.1) is 0 Å². The van der Waals surface area contributed by atoms with Crippen LogP contribution in [0.1, 0.15) is 30.4 Å². The maximum atomic E-state index is 13.3. The summed E-state index contributed by atoms with van der Waals surface area (Å²) in [5, 5.41) is 6.67. The molecule has 0 atom stereocenters. The van der Waals surface area contributed by atoms with Gasteiger partial charge in [0, 0.05) is 12.0 Å². The van der Waals surface area contributed by atoms with E-state index in [1.54, 1.807) is 6.07 Å². The zero-order valence-corrected chi connectivity index (χ0v) is 15.7. The third kappa shape index (κ3) is 4.30. The Kier molecular flexibility index (Phi) is 5.06. The molecule has 164 valence electrons. The van der Waals surface area contributed by atoms with E-state index in [2.05, 4.69) is 10.4 Å². The lowest BCUT2D eigenvalue weighted by Crippen LogP contribution is -2.29. The van der Waals surface area contributed by atoms with Gasteiger partial charge in [0.25, 0.3) is 0 Å². The minimum atomic E-state index is -5.01. The molecule has 4 rings (SSSR count). The van der Waals surface area contributed by atoms with Crippen LogP contribution in [0.25, 0.3) is 17.1 Å². The van der Waals surface area contributed by atoms with E-state index < -0.39 is 29.2 Å². The van der Waals surface area contributed by atoms with E-state index in [-0.39, 0.29) is 35.2 Å². The molecule has 0 unspecified atom stereocenters. The summed E-state index contributed by atoms with van der Waals surface area (Å²) in [6.45, 7) is 0. The standard InChI is InChI=1S/C20H15F6N3O2/c21-19(22,23)12-7-13(20(24,25)26)9-14(8-12)29-17(27-18(30)11-3-1-4-11)10-15(28-29)16-5-2-6-31-16/h2,5-11H,1,3-4H2,(H,27,30). The van der Waals surface area contributed by atoms with Crippen molar-refractivity contribution < 1.29 is 35.6 Å². The number of halogens is 6. The summed E-state index contributed by atoms with van der Waals surface area (Å²) in [6, 6.07) is 5.54. The first-order valence-electron chi connectivity index (χ1n) is 9.27. The molecule has 3 aromatic rings. The fraction of sp³-hybridized carbons (Fsp3) is 0.300. The average Bonchev–Trinajstić information content (AvgIpc) is 3.28. The lowest BCUT2D eigenvalue weighted by molar-refractivity contribution is -0.143. The average molecular weight is 443 g/mol. The molecular formula is C20H15F6N3O2. The van der Waals surface area contributed by atoms with Crippen molar-refractivity contribution in [1.82, 2.24) is 9.78 Å². The van der Waals surface area contributed by atoms with Crippen LogP contribution in [0.3, 0.4) is 0 Å². The topological polar surface area (TPSA) is 60.1 Å². The number of alkyl halides is 6. The second-order valence-electron chi connectivity index (χ2n) is 7.19. The van der Waals surface area contributed by atoms with Gasteiger partial charge in [-0.25, -0.2) is 4.68 Å². The Morgan fingerprint density at radius 2 is 1.68 bits per heavy atom. The van der Waals surface area contributed by atoms with Crippen molar-refractivity contribution in [2.45, 2.75) is 31.6 Å². The molecular weight excluding hydrogens is 428 g/mol. The van der Waals surface area contributed by atoms with Gasteiger partial charge >= 0.3 is 12.4 Å². The molecule has 1 saturated carbocycles. The van der Waals surface area contributed by atoms with Crippen molar-refractivity contribution in [3.63, 3.8) is 0 Å². The quantitative estimate of drug-likeness (QED) is 0.510. The van der Waals surface area contributed by atoms with Crippen molar-refractivity contribution in [3.8, 4) is 17.1 Å². The van der Waals surface area contributed by atoms with Crippen LogP contribution in [0.5, 0.6) is 0 Å². The van der Waals surface area contributed by atoms with Crippen LogP contribution in [0.2, 0.25) is 0 Å². The predicted octanol–water partition coefficient (Wildman–Crippen LogP) is 5.91. The zero-order chi connectivity index (χ0) is 22.4. The number of carbonyl (C=O) groups is 1. The largest absolute Gasteiger partial charge is 0.463 e. The Hall–Kier alpha value is -3.24. The van der Waals surface area contributed by atoms with Gasteiger partial charge in [-0.05, 0) is 43.2 Å². The zero-order valence-electron chi connectivity index (χ0n) is 15.7. The normalized spacial score (nSPS) is 15.0. The lowest BCUT2D eigenvalue weighted by Gasteiger charge is -2.24. The van der Waals surface area contributed by atoms with Crippen molar-refractivity contribution >= 4 is 11.7 Å². The monoisotopic (exact) mass is 443 g/mol. The Morgan fingerprint density at radius 1 is 1.03 bits per heavy atom. The van der Waals surface area contributed by atoms with Gasteiger partial charge in [0.1, 0.15) is 11.5 Å². The number of carbonyl (C=O) groups excluding carboxylic acids is 1. The number of hydrogen-bond acceptors (Lipinski definition) is 3. The second-order valence-corrected chi connectivity index (χ2v) is 7.19. The van der Waals surface area contributed by atoms with E-state index in [4.69, 9.17) is 4.42 Å². The molecule has 11 heteroatoms. The van der Waals surface area contributed by atoms with E-state index in [9.17, 15) is 31.1 Å². The molecule has 0 aliphatic heterocycles. The summed E-state index contributed by atoms with van der Waals surface area (Å²) in [5.74, 6) is -0.458. The molecule has 0 spiro atoms. The molecule has 31 heavy (non-hydrogen) atoms. The minimum Gasteiger partial charge on any atom is -0.463 e. The van der Waals surface area contributed by atoms with Gasteiger partial charge in [-0.3, -0.25) is 4.79 Å². The van der Waals surface area contributed by atoms with Crippen LogP contribution < -0.4 is 5.32 Å². The van der Waals surface area contributed by atoms with Gasteiger partial charge in [0.05, 0.1) is 23.1 Å². The van der Waals surface area contributed by atoms with Crippen LogP contribution in [0.4, 0.5) is 32.2 Å². The van der Waals surface area contributed by atoms with Gasteiger partial charge in [-0.2, -0.15) is 31.4 Å². The maximum Gasteiger partial charge on any atom is 0.416 e. The minimum absolute atomic E-state index is 0.0348. The number of aromatic nitrogens is 2. The third-order valence-corrected chi connectivity index (χ3v) is 5.03. The van der Waals surface area contributed by atoms with Gasteiger partial charge in [-0.1, -0.05) is 6.42 Å². The fourth-order valence-electron chi connectivity index (χ4n) is 3.17. The first-order chi connectivity index (χ1) is 14.5. The summed E-state index contributed by atoms with van der Waals surface area (Å²) in [6.07, 6.45) is -6.49. The van der Waals surface area contributed by atoms with Gasteiger partial charge in [0.2, 0.25) is 5.91 Å². The van der Waals surface area contributed by atoms with Crippen molar-refractivity contribution in [2.24, 2.45) is 5.92 Å². The number of furan rings is 1. The van der Waals surface area contributed by atoms with E-state index >= 15 is 0 Å². The second kappa shape index (κ2) is 7.47. The Morgan fingerprint density at radius 3 is 2.16 bits per heavy atom. The molecule has 2 aromatic heterocycles. The highest BCUT2D eigenvalue weighted by molar-refractivity contribution is 5.93. The van der Waals surface area contributed by atoms with Crippen LogP contribution in [0.15, 0.2) is 47.1 Å². The highest BCUT2D eigenvalue weighted by Gasteiger charge is 2.37. The molecule has 0 saturated heterocycles. The number of anilines is 1. The molecule has 1 amide bonds. The molecule has 1 aromatic carbocycles. The highest BCUT2D eigenvalue weighted by atomic mass is 19.4. The van der Waals surface area contributed by atoms with Crippen LogP contribution >= 0.6 is 0 Å². The van der Waals surface area contributed by atoms with Crippen LogP contribution in [-0.4, -0.2) is 15.7 Å². The Labute approximate surface area is 171 Å². The summed E-state index contributed by atoms with van der Waals surface area (Å²) in [4.78, 5) is 12.4. The van der Waals surface area contributed by atoms with E-state index in [1.807, 2.05) is 0 Å². The van der Waals surface area contributed by atoms with Crippen molar-refractivity contribution in [2.75, 3.05) is 5.32 Å².